The Bertz CT molecular complexity index is 1380. The van der Waals surface area contributed by atoms with Crippen molar-refractivity contribution in [1.29, 1.82) is 0 Å². The number of ether oxygens (including phenoxy) is 1. The maximum absolute atomic E-state index is 13.8. The summed E-state index contributed by atoms with van der Waals surface area (Å²) in [5.41, 5.74) is 6.68. The molecule has 3 aromatic rings. The van der Waals surface area contributed by atoms with E-state index in [9.17, 15) is 13.2 Å². The predicted octanol–water partition coefficient (Wildman–Crippen LogP) is 5.69. The van der Waals surface area contributed by atoms with Gasteiger partial charge in [-0.05, 0) is 84.8 Å². The summed E-state index contributed by atoms with van der Waals surface area (Å²) >= 11 is 0. The van der Waals surface area contributed by atoms with Gasteiger partial charge in [0.1, 0.15) is 5.75 Å². The Labute approximate surface area is 207 Å². The van der Waals surface area contributed by atoms with Gasteiger partial charge in [0.15, 0.2) is 6.61 Å². The molecule has 0 saturated carbocycles. The Balaban J connectivity index is 1.76. The van der Waals surface area contributed by atoms with Gasteiger partial charge in [-0.2, -0.15) is 0 Å². The van der Waals surface area contributed by atoms with Crippen LogP contribution in [-0.4, -0.2) is 32.6 Å². The van der Waals surface area contributed by atoms with Crippen molar-refractivity contribution in [1.82, 2.24) is 0 Å². The molecule has 35 heavy (non-hydrogen) atoms. The lowest BCUT2D eigenvalue weighted by Gasteiger charge is -2.23. The third-order valence-corrected chi connectivity index (χ3v) is 8.38. The van der Waals surface area contributed by atoms with E-state index in [1.165, 1.54) is 22.0 Å². The molecule has 0 spiro atoms. The van der Waals surface area contributed by atoms with Crippen LogP contribution in [0, 0.1) is 26.7 Å². The average molecular weight is 494 g/mol. The fourth-order valence-electron chi connectivity index (χ4n) is 4.71. The van der Waals surface area contributed by atoms with Crippen molar-refractivity contribution in [3.05, 3.63) is 76.9 Å². The summed E-state index contributed by atoms with van der Waals surface area (Å²) in [6, 6.07) is 17.1. The minimum atomic E-state index is -3.83. The van der Waals surface area contributed by atoms with Gasteiger partial charge in [-0.25, -0.2) is 13.2 Å². The quantitative estimate of drug-likeness (QED) is 0.457. The number of sulfonamides is 1. The molecule has 0 radical (unpaired) electrons. The van der Waals surface area contributed by atoms with E-state index in [0.29, 0.717) is 17.9 Å². The number of aryl methyl sites for hydroxylation is 3. The highest BCUT2D eigenvalue weighted by molar-refractivity contribution is 7.92. The van der Waals surface area contributed by atoms with Crippen molar-refractivity contribution in [2.75, 3.05) is 17.5 Å². The van der Waals surface area contributed by atoms with Crippen molar-refractivity contribution >= 4 is 21.7 Å². The zero-order valence-corrected chi connectivity index (χ0v) is 21.5. The Morgan fingerprint density at radius 3 is 2.29 bits per heavy atom. The molecule has 1 unspecified atom stereocenters. The molecule has 0 aliphatic carbocycles. The third kappa shape index (κ3) is 4.78. The van der Waals surface area contributed by atoms with E-state index in [0.717, 1.165) is 27.9 Å². The standard InChI is InChI=1S/C28H31NO5S/c1-17(2)25-15-29(35(32,33)23-10-11-26(19(4)13-23)34-16-27(30)31)28-20(5)12-22(14-24(25)28)21-8-6-18(3)7-9-21/h6-14,17,25H,15-16H2,1-5H3,(H,30,31). The number of carbonyl (C=O) groups is 1. The molecule has 0 aromatic heterocycles. The first-order chi connectivity index (χ1) is 16.5. The van der Waals surface area contributed by atoms with Gasteiger partial charge in [-0.1, -0.05) is 43.7 Å². The Morgan fingerprint density at radius 1 is 1.00 bits per heavy atom. The van der Waals surface area contributed by atoms with Crippen molar-refractivity contribution in [3.63, 3.8) is 0 Å². The molecule has 1 N–H and O–H groups in total. The van der Waals surface area contributed by atoms with Crippen LogP contribution in [0.25, 0.3) is 11.1 Å². The lowest BCUT2D eigenvalue weighted by atomic mass is 9.87. The smallest absolute Gasteiger partial charge is 0.341 e. The van der Waals surface area contributed by atoms with Crippen LogP contribution in [0.2, 0.25) is 0 Å². The van der Waals surface area contributed by atoms with Crippen LogP contribution >= 0.6 is 0 Å². The summed E-state index contributed by atoms with van der Waals surface area (Å²) in [4.78, 5) is 11.0. The number of nitrogens with zero attached hydrogens (tertiary/aromatic N) is 1. The first-order valence-corrected chi connectivity index (χ1v) is 13.1. The highest BCUT2D eigenvalue weighted by atomic mass is 32.2. The number of aliphatic carboxylic acids is 1. The van der Waals surface area contributed by atoms with Gasteiger partial charge in [0.05, 0.1) is 10.6 Å². The van der Waals surface area contributed by atoms with E-state index in [-0.39, 0.29) is 16.7 Å². The minimum Gasteiger partial charge on any atom is -0.482 e. The van der Waals surface area contributed by atoms with Gasteiger partial charge in [-0.15, -0.1) is 0 Å². The van der Waals surface area contributed by atoms with Crippen LogP contribution in [-0.2, 0) is 14.8 Å². The van der Waals surface area contributed by atoms with E-state index in [1.54, 1.807) is 13.0 Å². The maximum atomic E-state index is 13.8. The van der Waals surface area contributed by atoms with E-state index < -0.39 is 22.6 Å². The number of fused-ring (bicyclic) bond motifs is 1. The number of hydrogen-bond acceptors (Lipinski definition) is 4. The Kier molecular flexibility index (Phi) is 6.64. The van der Waals surface area contributed by atoms with Gasteiger partial charge < -0.3 is 9.84 Å². The number of anilines is 1. The second kappa shape index (κ2) is 9.38. The van der Waals surface area contributed by atoms with Gasteiger partial charge >= 0.3 is 5.97 Å². The molecule has 3 aromatic carbocycles. The fraction of sp³-hybridized carbons (Fsp3) is 0.321. The van der Waals surface area contributed by atoms with Crippen molar-refractivity contribution < 1.29 is 23.1 Å². The van der Waals surface area contributed by atoms with Gasteiger partial charge in [0.2, 0.25) is 0 Å². The summed E-state index contributed by atoms with van der Waals surface area (Å²) < 4.78 is 34.5. The number of benzene rings is 3. The van der Waals surface area contributed by atoms with Crippen molar-refractivity contribution in [3.8, 4) is 16.9 Å². The summed E-state index contributed by atoms with van der Waals surface area (Å²) in [6.45, 7) is 9.88. The summed E-state index contributed by atoms with van der Waals surface area (Å²) in [5, 5.41) is 8.86. The van der Waals surface area contributed by atoms with E-state index >= 15 is 0 Å². The number of carboxylic acid groups (broad SMARTS) is 1. The second-order valence-corrected chi connectivity index (χ2v) is 11.5. The molecule has 184 valence electrons. The third-order valence-electron chi connectivity index (χ3n) is 6.62. The van der Waals surface area contributed by atoms with Gasteiger partial charge in [-0.3, -0.25) is 4.31 Å². The SMILES string of the molecule is Cc1ccc(-c2cc(C)c3c(c2)C(C(C)C)CN3S(=O)(=O)c2ccc(OCC(=O)O)c(C)c2)cc1. The highest BCUT2D eigenvalue weighted by Crippen LogP contribution is 2.46. The molecule has 1 atom stereocenters. The second-order valence-electron chi connectivity index (χ2n) is 9.59. The topological polar surface area (TPSA) is 83.9 Å². The molecule has 1 aliphatic rings. The lowest BCUT2D eigenvalue weighted by Crippen LogP contribution is -2.31. The van der Waals surface area contributed by atoms with E-state index in [2.05, 4.69) is 57.2 Å². The highest BCUT2D eigenvalue weighted by Gasteiger charge is 2.39. The normalized spacial score (nSPS) is 15.4. The Morgan fingerprint density at radius 2 is 1.69 bits per heavy atom. The van der Waals surface area contributed by atoms with Crippen molar-refractivity contribution in [2.45, 2.75) is 45.4 Å². The molecule has 0 fully saturated rings. The van der Waals surface area contributed by atoms with E-state index in [1.807, 2.05) is 6.92 Å². The molecule has 4 rings (SSSR count). The van der Waals surface area contributed by atoms with Gasteiger partial charge in [0, 0.05) is 12.5 Å². The van der Waals surface area contributed by atoms with E-state index in [4.69, 9.17) is 9.84 Å². The molecular weight excluding hydrogens is 462 g/mol. The van der Waals surface area contributed by atoms with Crippen LogP contribution in [0.1, 0.15) is 42.0 Å². The van der Waals surface area contributed by atoms with Crippen LogP contribution in [0.5, 0.6) is 5.75 Å². The Hall–Kier alpha value is -3.32. The lowest BCUT2D eigenvalue weighted by molar-refractivity contribution is -0.139. The fourth-order valence-corrected chi connectivity index (χ4v) is 6.38. The first-order valence-electron chi connectivity index (χ1n) is 11.7. The summed E-state index contributed by atoms with van der Waals surface area (Å²) in [5.74, 6) is -0.402. The zero-order valence-electron chi connectivity index (χ0n) is 20.7. The van der Waals surface area contributed by atoms with Crippen LogP contribution in [0.3, 0.4) is 0 Å². The first kappa shape index (κ1) is 24.8. The monoisotopic (exact) mass is 493 g/mol. The maximum Gasteiger partial charge on any atom is 0.341 e. The number of rotatable bonds is 7. The molecular formula is C28H31NO5S. The van der Waals surface area contributed by atoms with Crippen molar-refractivity contribution in [2.24, 2.45) is 5.92 Å². The average Bonchev–Trinajstić information content (AvgIpc) is 3.20. The molecule has 0 saturated heterocycles. The molecule has 1 aliphatic heterocycles. The zero-order chi connectivity index (χ0) is 25.5. The largest absolute Gasteiger partial charge is 0.482 e. The molecule has 6 nitrogen and oxygen atoms in total. The minimum absolute atomic E-state index is 0.0724. The number of hydrogen-bond donors (Lipinski definition) is 1. The predicted molar refractivity (Wildman–Crippen MR) is 138 cm³/mol. The molecule has 0 amide bonds. The molecule has 1 heterocycles. The molecule has 7 heteroatoms. The summed E-state index contributed by atoms with van der Waals surface area (Å²) in [6.07, 6.45) is 0. The van der Waals surface area contributed by atoms with Crippen LogP contribution in [0.15, 0.2) is 59.5 Å². The van der Waals surface area contributed by atoms with Gasteiger partial charge in [0.25, 0.3) is 10.0 Å². The molecule has 0 bridgehead atoms. The van der Waals surface area contributed by atoms with Crippen LogP contribution in [0.4, 0.5) is 5.69 Å². The summed E-state index contributed by atoms with van der Waals surface area (Å²) in [7, 11) is -3.83. The number of carboxylic acids is 1. The van der Waals surface area contributed by atoms with Crippen LogP contribution < -0.4 is 9.04 Å².